The molecular formula is C16H30N2O3. The molecule has 2 aliphatic heterocycles. The van der Waals surface area contributed by atoms with E-state index in [1.807, 2.05) is 25.7 Å². The van der Waals surface area contributed by atoms with Crippen molar-refractivity contribution in [3.63, 3.8) is 0 Å². The Kier molecular flexibility index (Phi) is 5.15. The lowest BCUT2D eigenvalue weighted by Gasteiger charge is -2.40. The number of hydrogen-bond acceptors (Lipinski definition) is 4. The minimum atomic E-state index is -0.421. The molecule has 1 N–H and O–H groups in total. The number of hydrogen-bond donors (Lipinski definition) is 1. The predicted octanol–water partition coefficient (Wildman–Crippen LogP) is 2.54. The van der Waals surface area contributed by atoms with Crippen LogP contribution in [0.15, 0.2) is 0 Å². The van der Waals surface area contributed by atoms with Gasteiger partial charge in [-0.2, -0.15) is 0 Å². The second-order valence-corrected chi connectivity index (χ2v) is 7.54. The summed E-state index contributed by atoms with van der Waals surface area (Å²) < 4.78 is 11.1. The molecule has 0 spiro atoms. The van der Waals surface area contributed by atoms with Gasteiger partial charge in [-0.1, -0.05) is 0 Å². The molecule has 122 valence electrons. The summed E-state index contributed by atoms with van der Waals surface area (Å²) in [7, 11) is 0. The Labute approximate surface area is 128 Å². The number of nitrogens with one attached hydrogen (secondary N) is 1. The predicted molar refractivity (Wildman–Crippen MR) is 82.4 cm³/mol. The topological polar surface area (TPSA) is 50.8 Å². The van der Waals surface area contributed by atoms with Gasteiger partial charge in [0.15, 0.2) is 0 Å². The molecule has 1 unspecified atom stereocenters. The quantitative estimate of drug-likeness (QED) is 0.870. The first kappa shape index (κ1) is 16.6. The molecule has 0 aromatic rings. The van der Waals surface area contributed by atoms with Crippen molar-refractivity contribution in [2.75, 3.05) is 26.2 Å². The molecule has 0 saturated carbocycles. The van der Waals surface area contributed by atoms with E-state index in [1.54, 1.807) is 0 Å². The Morgan fingerprint density at radius 3 is 2.57 bits per heavy atom. The molecule has 2 heterocycles. The van der Waals surface area contributed by atoms with Crippen LogP contribution < -0.4 is 5.32 Å². The summed E-state index contributed by atoms with van der Waals surface area (Å²) in [6.07, 6.45) is 4.43. The van der Waals surface area contributed by atoms with E-state index in [0.29, 0.717) is 6.10 Å². The molecule has 2 fully saturated rings. The van der Waals surface area contributed by atoms with E-state index in [4.69, 9.17) is 9.47 Å². The SMILES string of the molecule is CC1(NCC2CCCO2)CCN(C(=O)OC(C)(C)C)CC1. The number of carbonyl (C=O) groups excluding carboxylic acids is 1. The summed E-state index contributed by atoms with van der Waals surface area (Å²) in [5, 5.41) is 3.64. The first-order valence-corrected chi connectivity index (χ1v) is 8.12. The monoisotopic (exact) mass is 298 g/mol. The maximum absolute atomic E-state index is 12.1. The Morgan fingerprint density at radius 1 is 1.38 bits per heavy atom. The van der Waals surface area contributed by atoms with Crippen molar-refractivity contribution >= 4 is 6.09 Å². The molecule has 21 heavy (non-hydrogen) atoms. The lowest BCUT2D eigenvalue weighted by molar-refractivity contribution is 0.0145. The summed E-state index contributed by atoms with van der Waals surface area (Å²) in [6, 6.07) is 0. The molecule has 2 saturated heterocycles. The van der Waals surface area contributed by atoms with Crippen LogP contribution in [0.1, 0.15) is 53.4 Å². The highest BCUT2D eigenvalue weighted by Crippen LogP contribution is 2.24. The molecule has 2 aliphatic rings. The Hall–Kier alpha value is -0.810. The van der Waals surface area contributed by atoms with Gasteiger partial charge < -0.3 is 19.7 Å². The standard InChI is InChI=1S/C16H30N2O3/c1-15(2,3)21-14(19)18-9-7-16(4,8-10-18)17-12-13-6-5-11-20-13/h13,17H,5-12H2,1-4H3. The van der Waals surface area contributed by atoms with Crippen LogP contribution in [0.4, 0.5) is 4.79 Å². The van der Waals surface area contributed by atoms with Crippen molar-refractivity contribution in [2.45, 2.75) is 70.6 Å². The Balaban J connectivity index is 1.74. The van der Waals surface area contributed by atoms with Gasteiger partial charge in [-0.25, -0.2) is 4.79 Å². The Morgan fingerprint density at radius 2 is 2.05 bits per heavy atom. The van der Waals surface area contributed by atoms with Crippen molar-refractivity contribution in [2.24, 2.45) is 0 Å². The van der Waals surface area contributed by atoms with Crippen molar-refractivity contribution in [3.05, 3.63) is 0 Å². The average Bonchev–Trinajstić information content (AvgIpc) is 2.88. The smallest absolute Gasteiger partial charge is 0.410 e. The van der Waals surface area contributed by atoms with Gasteiger partial charge in [0.25, 0.3) is 0 Å². The molecule has 2 rings (SSSR count). The number of carbonyl (C=O) groups is 1. The molecule has 5 heteroatoms. The highest BCUT2D eigenvalue weighted by atomic mass is 16.6. The van der Waals surface area contributed by atoms with Gasteiger partial charge in [-0.05, 0) is 53.4 Å². The van der Waals surface area contributed by atoms with Gasteiger partial charge in [0.2, 0.25) is 0 Å². The van der Waals surface area contributed by atoms with E-state index in [2.05, 4.69) is 12.2 Å². The fourth-order valence-corrected chi connectivity index (χ4v) is 2.85. The van der Waals surface area contributed by atoms with Crippen LogP contribution in [0, 0.1) is 0 Å². The molecule has 5 nitrogen and oxygen atoms in total. The molecule has 1 atom stereocenters. The number of amides is 1. The second kappa shape index (κ2) is 6.53. The van der Waals surface area contributed by atoms with Gasteiger partial charge in [0.1, 0.15) is 5.60 Å². The molecule has 0 bridgehead atoms. The largest absolute Gasteiger partial charge is 0.444 e. The number of likely N-dealkylation sites (tertiary alicyclic amines) is 1. The third kappa shape index (κ3) is 5.15. The number of nitrogens with zero attached hydrogens (tertiary/aromatic N) is 1. The zero-order valence-corrected chi connectivity index (χ0v) is 13.9. The zero-order chi connectivity index (χ0) is 15.5. The maximum atomic E-state index is 12.1. The van der Waals surface area contributed by atoms with Crippen LogP contribution in [-0.4, -0.2) is 54.5 Å². The molecule has 1 amide bonds. The first-order valence-electron chi connectivity index (χ1n) is 8.12. The van der Waals surface area contributed by atoms with E-state index in [1.165, 1.54) is 6.42 Å². The third-order valence-electron chi connectivity index (χ3n) is 4.30. The number of rotatable bonds is 3. The molecule has 0 radical (unpaired) electrons. The molecule has 0 aromatic heterocycles. The minimum Gasteiger partial charge on any atom is -0.444 e. The van der Waals surface area contributed by atoms with Crippen molar-refractivity contribution in [1.82, 2.24) is 10.2 Å². The maximum Gasteiger partial charge on any atom is 0.410 e. The summed E-state index contributed by atoms with van der Waals surface area (Å²) in [5.41, 5.74) is -0.319. The summed E-state index contributed by atoms with van der Waals surface area (Å²) in [4.78, 5) is 13.9. The Bertz CT molecular complexity index is 351. The normalized spacial score (nSPS) is 25.9. The second-order valence-electron chi connectivity index (χ2n) is 7.54. The molecule has 0 aromatic carbocycles. The number of ether oxygens (including phenoxy) is 2. The van der Waals surface area contributed by atoms with Crippen LogP contribution in [-0.2, 0) is 9.47 Å². The average molecular weight is 298 g/mol. The van der Waals surface area contributed by atoms with E-state index in [0.717, 1.165) is 45.5 Å². The van der Waals surface area contributed by atoms with Crippen molar-refractivity contribution in [3.8, 4) is 0 Å². The summed E-state index contributed by atoms with van der Waals surface area (Å²) >= 11 is 0. The van der Waals surface area contributed by atoms with Crippen LogP contribution in [0.2, 0.25) is 0 Å². The van der Waals surface area contributed by atoms with Crippen molar-refractivity contribution < 1.29 is 14.3 Å². The van der Waals surface area contributed by atoms with Crippen LogP contribution in [0.3, 0.4) is 0 Å². The van der Waals surface area contributed by atoms with Gasteiger partial charge >= 0.3 is 6.09 Å². The third-order valence-corrected chi connectivity index (χ3v) is 4.30. The van der Waals surface area contributed by atoms with Gasteiger partial charge in [-0.3, -0.25) is 0 Å². The molecular weight excluding hydrogens is 268 g/mol. The highest BCUT2D eigenvalue weighted by molar-refractivity contribution is 5.68. The van der Waals surface area contributed by atoms with Crippen molar-refractivity contribution in [1.29, 1.82) is 0 Å². The highest BCUT2D eigenvalue weighted by Gasteiger charge is 2.34. The van der Waals surface area contributed by atoms with Gasteiger partial charge in [0, 0.05) is 31.8 Å². The van der Waals surface area contributed by atoms with Crippen LogP contribution >= 0.6 is 0 Å². The van der Waals surface area contributed by atoms with E-state index >= 15 is 0 Å². The molecule has 0 aliphatic carbocycles. The fourth-order valence-electron chi connectivity index (χ4n) is 2.85. The van der Waals surface area contributed by atoms with Gasteiger partial charge in [0.05, 0.1) is 6.10 Å². The summed E-state index contributed by atoms with van der Waals surface area (Å²) in [5.74, 6) is 0. The lowest BCUT2D eigenvalue weighted by atomic mass is 9.89. The summed E-state index contributed by atoms with van der Waals surface area (Å²) in [6.45, 7) is 11.3. The fraction of sp³-hybridized carbons (Fsp3) is 0.938. The zero-order valence-electron chi connectivity index (χ0n) is 13.9. The van der Waals surface area contributed by atoms with Crippen LogP contribution in [0.5, 0.6) is 0 Å². The van der Waals surface area contributed by atoms with E-state index < -0.39 is 5.60 Å². The minimum absolute atomic E-state index is 0.102. The van der Waals surface area contributed by atoms with Crippen LogP contribution in [0.25, 0.3) is 0 Å². The first-order chi connectivity index (χ1) is 9.77. The lowest BCUT2D eigenvalue weighted by Crippen LogP contribution is -2.54. The van der Waals surface area contributed by atoms with E-state index in [-0.39, 0.29) is 11.6 Å². The van der Waals surface area contributed by atoms with Gasteiger partial charge in [-0.15, -0.1) is 0 Å². The number of piperidine rings is 1. The van der Waals surface area contributed by atoms with E-state index in [9.17, 15) is 4.79 Å².